The van der Waals surface area contributed by atoms with Crippen LogP contribution in [0.2, 0.25) is 10.0 Å². The lowest BCUT2D eigenvalue weighted by Gasteiger charge is -2.36. The lowest BCUT2D eigenvalue weighted by atomic mass is 9.77. The van der Waals surface area contributed by atoms with Crippen LogP contribution in [-0.2, 0) is 64.0 Å². The van der Waals surface area contributed by atoms with Gasteiger partial charge < -0.3 is 69.0 Å². The van der Waals surface area contributed by atoms with Gasteiger partial charge in [-0.1, -0.05) is 59.6 Å². The molecule has 13 aromatic rings. The number of phenols is 2. The third-order valence-electron chi connectivity index (χ3n) is 22.8. The van der Waals surface area contributed by atoms with Gasteiger partial charge in [-0.05, 0) is 213 Å². The second-order valence-corrected chi connectivity index (χ2v) is 34.0. The summed E-state index contributed by atoms with van der Waals surface area (Å²) in [5.74, 6) is -2.10. The van der Waals surface area contributed by atoms with Crippen molar-refractivity contribution in [1.29, 1.82) is 0 Å². The number of phenolic OH excluding ortho intramolecular Hbond substituents is 2. The number of pyridine rings is 6. The van der Waals surface area contributed by atoms with E-state index in [1.165, 1.54) is 82.3 Å². The zero-order valence-corrected chi connectivity index (χ0v) is 78.1. The van der Waals surface area contributed by atoms with E-state index >= 15 is 0 Å². The molecule has 6 aliphatic rings. The van der Waals surface area contributed by atoms with Gasteiger partial charge in [0.05, 0.1) is 60.9 Å². The molecule has 710 valence electrons. The number of ether oxygens (including phenoxy) is 4. The Labute approximate surface area is 817 Å². The second-order valence-electron chi connectivity index (χ2n) is 33.2. The smallest absolute Gasteiger partial charge is 0.340 e. The number of carboxylic acids is 2. The number of aromatic nitrogens is 6. The second kappa shape index (κ2) is 44.5. The lowest BCUT2D eigenvalue weighted by Crippen LogP contribution is -2.33. The predicted octanol–water partition coefficient (Wildman–Crippen LogP) is 19.7. The summed E-state index contributed by atoms with van der Waals surface area (Å²) in [6.07, 6.45) is 10.7. The molecule has 0 radical (unpaired) electrons. The third kappa shape index (κ3) is 23.9. The SMILES string of the molecule is CC(=O)Oc1ccc2c(c1)Oc1cc(OC(C)=O)ccc1C21OC(=O)c2ccc(NCCN(Cc3ccccn3)Cc3ccccn3)cc21.CC(C)=O.O=C(O)c1ccc(NCCN(Cc2ccccn2)Cc2ccccn2)cc1-c1c2cc(Cl)c(=O)cc-2oc2cc(O)c(Cl)cc12.O=C(O)c1ccc(NCCN(Cc2ccccn2)Cc2ccccn2)cc1-c1c2ccc(=O)cc-2oc2cc(O)ccc12. The number of fused-ring (bicyclic) bond motifs is 10. The molecule has 7 N–H and O–H groups in total. The van der Waals surface area contributed by atoms with E-state index in [1.807, 2.05) is 121 Å². The van der Waals surface area contributed by atoms with Gasteiger partial charge in [0.2, 0.25) is 5.43 Å². The van der Waals surface area contributed by atoms with Crippen LogP contribution in [0, 0.1) is 0 Å². The summed E-state index contributed by atoms with van der Waals surface area (Å²) >= 11 is 12.5. The third-order valence-corrected chi connectivity index (χ3v) is 23.4. The van der Waals surface area contributed by atoms with Crippen LogP contribution < -0.4 is 41.0 Å². The highest BCUT2D eigenvalue weighted by Gasteiger charge is 2.54. The molecule has 30 nitrogen and oxygen atoms in total. The topological polar surface area (TPSA) is 404 Å². The Bertz CT molecular complexity index is 7330. The molecule has 2 aliphatic carbocycles. The quantitative estimate of drug-likeness (QED) is 0.0125. The summed E-state index contributed by atoms with van der Waals surface area (Å²) < 4.78 is 35.1. The first-order valence-corrected chi connectivity index (χ1v) is 45.5. The Balaban J connectivity index is 0.000000150. The molecule has 6 aromatic heterocycles. The molecule has 0 fully saturated rings. The maximum Gasteiger partial charge on any atom is 0.340 e. The molecule has 19 rings (SSSR count). The molecule has 0 saturated heterocycles. The van der Waals surface area contributed by atoms with Crippen molar-refractivity contribution >= 4 is 97.8 Å². The fourth-order valence-corrected chi connectivity index (χ4v) is 17.1. The average Bonchev–Trinajstić information content (AvgIpc) is 1.55. The van der Waals surface area contributed by atoms with E-state index in [9.17, 15) is 58.8 Å². The number of carbonyl (C=O) groups is 6. The van der Waals surface area contributed by atoms with Gasteiger partial charge in [-0.15, -0.1) is 0 Å². The van der Waals surface area contributed by atoms with Crippen molar-refractivity contribution in [3.63, 3.8) is 0 Å². The number of hydrogen-bond acceptors (Lipinski definition) is 28. The number of Topliss-reactive ketones (excluding diaryl/α,β-unsaturated/α-hetero) is 1. The zero-order chi connectivity index (χ0) is 98.8. The maximum atomic E-state index is 13.5. The molecule has 0 amide bonds. The van der Waals surface area contributed by atoms with Gasteiger partial charge in [0, 0.05) is 233 Å². The van der Waals surface area contributed by atoms with Gasteiger partial charge >= 0.3 is 29.8 Å². The Kier molecular flexibility index (Phi) is 30.7. The molecule has 0 unspecified atom stereocenters. The average molecular weight is 1930 g/mol. The van der Waals surface area contributed by atoms with E-state index in [-0.39, 0.29) is 66.7 Å². The summed E-state index contributed by atoms with van der Waals surface area (Å²) in [6, 6.07) is 75.2. The Morgan fingerprint density at radius 1 is 0.390 bits per heavy atom. The number of nitrogens with one attached hydrogen (secondary N) is 3. The van der Waals surface area contributed by atoms with Crippen LogP contribution in [0.5, 0.6) is 34.5 Å². The molecule has 4 aliphatic heterocycles. The number of aromatic hydroxyl groups is 2. The number of benzene rings is 9. The first-order valence-electron chi connectivity index (χ1n) is 44.7. The van der Waals surface area contributed by atoms with Gasteiger partial charge in [0.25, 0.3) is 0 Å². The van der Waals surface area contributed by atoms with E-state index in [0.29, 0.717) is 173 Å². The molecule has 0 bridgehead atoms. The molecule has 141 heavy (non-hydrogen) atoms. The predicted molar refractivity (Wildman–Crippen MR) is 533 cm³/mol. The number of hydrogen-bond donors (Lipinski definition) is 7. The largest absolute Gasteiger partial charge is 0.508 e. The number of aromatic carboxylic acids is 2. The molecule has 10 heterocycles. The van der Waals surface area contributed by atoms with Crippen molar-refractivity contribution in [3.05, 3.63) is 396 Å². The normalized spacial score (nSPS) is 11.9. The van der Waals surface area contributed by atoms with Crippen molar-refractivity contribution in [2.75, 3.05) is 55.2 Å². The van der Waals surface area contributed by atoms with Gasteiger partial charge in [0.1, 0.15) is 63.0 Å². The Morgan fingerprint density at radius 3 is 1.21 bits per heavy atom. The minimum atomic E-state index is -1.39. The van der Waals surface area contributed by atoms with Crippen molar-refractivity contribution in [2.45, 2.75) is 72.6 Å². The van der Waals surface area contributed by atoms with Crippen LogP contribution >= 0.6 is 23.2 Å². The number of ketones is 1. The number of halogens is 2. The summed E-state index contributed by atoms with van der Waals surface area (Å²) in [4.78, 5) is 129. The number of nitrogens with zero attached hydrogens (tertiary/aromatic N) is 9. The minimum Gasteiger partial charge on any atom is -0.508 e. The van der Waals surface area contributed by atoms with Crippen LogP contribution in [0.4, 0.5) is 17.1 Å². The molecule has 32 heteroatoms. The zero-order valence-electron chi connectivity index (χ0n) is 76.6. The molecule has 0 atom stereocenters. The summed E-state index contributed by atoms with van der Waals surface area (Å²) in [5, 5.41) is 52.1. The van der Waals surface area contributed by atoms with Gasteiger partial charge in [-0.3, -0.25) is 63.8 Å². The van der Waals surface area contributed by atoms with E-state index in [2.05, 4.69) is 60.6 Å². The van der Waals surface area contributed by atoms with Crippen molar-refractivity contribution in [3.8, 4) is 79.4 Å². The van der Waals surface area contributed by atoms with Crippen LogP contribution in [-0.4, -0.2) is 140 Å². The fraction of sp³-hybridized carbons (Fsp3) is 0.156. The van der Waals surface area contributed by atoms with Crippen LogP contribution in [0.15, 0.2) is 316 Å². The molecular formula is C109H92Cl2N12O18. The first-order chi connectivity index (χ1) is 68.2. The van der Waals surface area contributed by atoms with Crippen LogP contribution in [0.25, 0.3) is 66.8 Å². The Hall–Kier alpha value is -16.9. The van der Waals surface area contributed by atoms with Gasteiger partial charge in [0.15, 0.2) is 11.0 Å². The number of anilines is 3. The van der Waals surface area contributed by atoms with Crippen molar-refractivity contribution < 1.29 is 77.0 Å². The summed E-state index contributed by atoms with van der Waals surface area (Å²) in [5.41, 5.74) is 11.5. The number of rotatable bonds is 30. The van der Waals surface area contributed by atoms with Gasteiger partial charge in [-0.2, -0.15) is 0 Å². The van der Waals surface area contributed by atoms with E-state index in [0.717, 1.165) is 45.5 Å². The van der Waals surface area contributed by atoms with Crippen LogP contribution in [0.3, 0.4) is 0 Å². The highest BCUT2D eigenvalue weighted by molar-refractivity contribution is 6.33. The number of carbonyl (C=O) groups excluding carboxylic acids is 4. The summed E-state index contributed by atoms with van der Waals surface area (Å²) in [6.45, 7) is 13.2. The lowest BCUT2D eigenvalue weighted by molar-refractivity contribution is -0.132. The first kappa shape index (κ1) is 97.2. The van der Waals surface area contributed by atoms with Crippen LogP contribution in [0.1, 0.15) is 110 Å². The molecule has 7 aromatic carbocycles. The van der Waals surface area contributed by atoms with E-state index in [4.69, 9.17) is 51.0 Å². The van der Waals surface area contributed by atoms with Gasteiger partial charge in [-0.25, -0.2) is 14.4 Å². The molecular weight excluding hydrogens is 1840 g/mol. The Morgan fingerprint density at radius 2 is 0.794 bits per heavy atom. The van der Waals surface area contributed by atoms with E-state index < -0.39 is 40.9 Å². The van der Waals surface area contributed by atoms with E-state index in [1.54, 1.807) is 122 Å². The van der Waals surface area contributed by atoms with Crippen molar-refractivity contribution in [2.24, 2.45) is 0 Å². The maximum absolute atomic E-state index is 13.5. The number of esters is 3. The standard InChI is InChI=1S/C38H32N4O7.C34H26Cl2N4O5.C34H28N4O5.C3H6O/c1-24(43)46-29-10-13-32-35(20-29)48-36-21-30(47-25(2)44)11-14-33(36)38(32)34-19-26(9-12-31(34)37(45)49-38)41-17-18-42(22-27-7-3-5-15-39-27)23-28-8-4-6-16-40-28;35-27-14-25-31(16-29(27)41)45-32-17-30(42)28(36)15-26(32)33(25)24-13-20(7-8-23(24)34(43)44)39-11-12-40(18-21-5-1-3-9-37-21)19-22-6-2-4-10-38-22;39-25-8-11-28-31(18-25)43-32-19-26(40)9-12-29(32)33(28)30-17-22(7-10-27(30)34(41)42)37-15-16-38(20-23-5-1-3-13-35-23)21-24-6-2-4-14-36-24;1-3(2)4/h3-16,19-21,41H,17-18,22-23H2,1-2H3;1-10,13-17,39,41H,11-12,18-19H2,(H,43,44);1-14,17-19,37,39H,15-16,20-21H2,(H,41,42);1-2H3. The summed E-state index contributed by atoms with van der Waals surface area (Å²) in [7, 11) is 0. The highest BCUT2D eigenvalue weighted by Crippen LogP contribution is 2.58. The number of carboxylic acid groups (broad SMARTS) is 2. The molecule has 1 spiro atoms. The monoisotopic (exact) mass is 1930 g/mol. The fourth-order valence-electron chi connectivity index (χ4n) is 16.7. The minimum absolute atomic E-state index is 0.00494. The highest BCUT2D eigenvalue weighted by atomic mass is 35.5. The van der Waals surface area contributed by atoms with Crippen molar-refractivity contribution in [1.82, 2.24) is 44.6 Å². The molecule has 0 saturated carbocycles.